The van der Waals surface area contributed by atoms with Gasteiger partial charge in [-0.05, 0) is 179 Å². The molecule has 2 amide bonds. The van der Waals surface area contributed by atoms with Crippen molar-refractivity contribution in [2.45, 2.75) is 147 Å². The van der Waals surface area contributed by atoms with Gasteiger partial charge in [-0.3, -0.25) is 0 Å². The van der Waals surface area contributed by atoms with E-state index < -0.39 is 11.2 Å². The standard InChI is InChI=1S/C28H40N2O3.C23H33BrN2O2/c1-27(2,3)33-26(31)30-19-28(20-30)13-8-23(18-28)29-14-9-21(10-15-29)24-6-4-5-7-25(24)22-11-16-32-17-12-22;1-22(2,3)28-21(27)26-15-23(16-26)11-8-18(14-23)25-12-9-17(10-13-25)19-6-4-5-7-20(19)24/h4-7,11,21,23H,8-10,12-20H2,1-3H3;4-7,17-18H,8-16H2,1-3H3/t23-;18-/m11/s1. The lowest BCUT2D eigenvalue weighted by atomic mass is 9.78. The molecule has 0 aromatic heterocycles. The van der Waals surface area contributed by atoms with E-state index in [2.05, 4.69) is 80.3 Å². The van der Waals surface area contributed by atoms with Gasteiger partial charge in [0, 0.05) is 53.6 Å². The Morgan fingerprint density at radius 2 is 1.11 bits per heavy atom. The predicted molar refractivity (Wildman–Crippen MR) is 247 cm³/mol. The first-order valence-corrected chi connectivity index (χ1v) is 24.4. The summed E-state index contributed by atoms with van der Waals surface area (Å²) < 4.78 is 17.9. The van der Waals surface area contributed by atoms with E-state index in [1.807, 2.05) is 51.3 Å². The van der Waals surface area contributed by atoms with Crippen molar-refractivity contribution < 1.29 is 23.8 Å². The monoisotopic (exact) mass is 900 g/mol. The summed E-state index contributed by atoms with van der Waals surface area (Å²) in [6, 6.07) is 19.1. The van der Waals surface area contributed by atoms with E-state index in [0.717, 1.165) is 45.8 Å². The first kappa shape index (κ1) is 44.7. The maximum Gasteiger partial charge on any atom is 0.410 e. The van der Waals surface area contributed by atoms with Gasteiger partial charge in [-0.1, -0.05) is 64.5 Å². The first-order chi connectivity index (χ1) is 29.1. The lowest BCUT2D eigenvalue weighted by Crippen LogP contribution is -2.58. The van der Waals surface area contributed by atoms with Gasteiger partial charge >= 0.3 is 12.2 Å². The number of carbonyl (C=O) groups excluding carboxylic acids is 2. The molecule has 2 aliphatic carbocycles. The van der Waals surface area contributed by atoms with Crippen LogP contribution in [0.25, 0.3) is 5.57 Å². The fourth-order valence-electron chi connectivity index (χ4n) is 11.9. The highest BCUT2D eigenvalue weighted by Gasteiger charge is 2.53. The number of ether oxygens (including phenoxy) is 3. The summed E-state index contributed by atoms with van der Waals surface area (Å²) >= 11 is 3.72. The molecule has 9 rings (SSSR count). The van der Waals surface area contributed by atoms with Gasteiger partial charge in [0.05, 0.1) is 13.2 Å². The third-order valence-corrected chi connectivity index (χ3v) is 15.6. The van der Waals surface area contributed by atoms with Crippen LogP contribution in [0.3, 0.4) is 0 Å². The minimum absolute atomic E-state index is 0.143. The van der Waals surface area contributed by atoms with E-state index in [0.29, 0.717) is 34.7 Å². The average molecular weight is 902 g/mol. The highest BCUT2D eigenvalue weighted by molar-refractivity contribution is 9.10. The van der Waals surface area contributed by atoms with Crippen LogP contribution in [0.4, 0.5) is 9.59 Å². The van der Waals surface area contributed by atoms with Gasteiger partial charge in [-0.2, -0.15) is 0 Å². The zero-order valence-corrected chi connectivity index (χ0v) is 39.6. The zero-order valence-electron chi connectivity index (χ0n) is 38.1. The molecule has 10 heteroatoms. The maximum absolute atomic E-state index is 12.4. The second kappa shape index (κ2) is 18.3. The van der Waals surface area contributed by atoms with Crippen LogP contribution < -0.4 is 0 Å². The lowest BCUT2D eigenvalue weighted by molar-refractivity contribution is -0.0351. The van der Waals surface area contributed by atoms with Crippen LogP contribution in [0.2, 0.25) is 0 Å². The molecule has 334 valence electrons. The van der Waals surface area contributed by atoms with Crippen molar-refractivity contribution in [1.82, 2.24) is 19.6 Å². The van der Waals surface area contributed by atoms with Gasteiger partial charge in [0.15, 0.2) is 0 Å². The second-order valence-electron chi connectivity index (χ2n) is 21.7. The summed E-state index contributed by atoms with van der Waals surface area (Å²) in [5.74, 6) is 1.33. The minimum Gasteiger partial charge on any atom is -0.444 e. The molecule has 4 saturated heterocycles. The molecule has 0 radical (unpaired) electrons. The Kier molecular flexibility index (Phi) is 13.4. The average Bonchev–Trinajstić information content (AvgIpc) is 3.87. The summed E-state index contributed by atoms with van der Waals surface area (Å²) in [5, 5.41) is 0. The van der Waals surface area contributed by atoms with Crippen molar-refractivity contribution in [3.63, 3.8) is 0 Å². The van der Waals surface area contributed by atoms with Crippen LogP contribution in [0.5, 0.6) is 0 Å². The van der Waals surface area contributed by atoms with Crippen molar-refractivity contribution in [3.05, 3.63) is 75.8 Å². The maximum atomic E-state index is 12.4. The van der Waals surface area contributed by atoms with Crippen LogP contribution in [-0.2, 0) is 14.2 Å². The number of likely N-dealkylation sites (tertiary alicyclic amines) is 4. The predicted octanol–water partition coefficient (Wildman–Crippen LogP) is 10.9. The Balaban J connectivity index is 0.000000171. The molecule has 5 aliphatic heterocycles. The van der Waals surface area contributed by atoms with Crippen molar-refractivity contribution in [2.24, 2.45) is 10.8 Å². The fourth-order valence-corrected chi connectivity index (χ4v) is 12.5. The molecular formula is C51H73BrN4O5. The normalized spacial score (nSPS) is 26.0. The molecule has 2 aromatic carbocycles. The number of piperidine rings is 2. The highest BCUT2D eigenvalue weighted by Crippen LogP contribution is 2.50. The van der Waals surface area contributed by atoms with Crippen LogP contribution in [0.15, 0.2) is 59.1 Å². The molecule has 2 atom stereocenters. The van der Waals surface area contributed by atoms with E-state index >= 15 is 0 Å². The number of amides is 2. The van der Waals surface area contributed by atoms with E-state index in [1.54, 1.807) is 5.56 Å². The Labute approximate surface area is 375 Å². The topological polar surface area (TPSA) is 74.8 Å². The van der Waals surface area contributed by atoms with Gasteiger partial charge in [-0.25, -0.2) is 9.59 Å². The fraction of sp³-hybridized carbons (Fsp3) is 0.686. The van der Waals surface area contributed by atoms with Gasteiger partial charge in [-0.15, -0.1) is 0 Å². The largest absolute Gasteiger partial charge is 0.444 e. The van der Waals surface area contributed by atoms with E-state index in [9.17, 15) is 9.59 Å². The van der Waals surface area contributed by atoms with Gasteiger partial charge in [0.2, 0.25) is 0 Å². The molecule has 0 bridgehead atoms. The number of benzene rings is 2. The van der Waals surface area contributed by atoms with Gasteiger partial charge in [0.25, 0.3) is 0 Å². The number of rotatable bonds is 5. The van der Waals surface area contributed by atoms with Crippen molar-refractivity contribution in [2.75, 3.05) is 65.6 Å². The van der Waals surface area contributed by atoms with E-state index in [1.165, 1.54) is 112 Å². The molecule has 2 saturated carbocycles. The van der Waals surface area contributed by atoms with E-state index in [-0.39, 0.29) is 12.2 Å². The minimum atomic E-state index is -0.414. The van der Waals surface area contributed by atoms with Crippen LogP contribution in [0, 0.1) is 10.8 Å². The molecule has 0 unspecified atom stereocenters. The Morgan fingerprint density at radius 1 is 0.656 bits per heavy atom. The summed E-state index contributed by atoms with van der Waals surface area (Å²) in [4.78, 5) is 33.9. The zero-order chi connectivity index (χ0) is 43.0. The number of hydrogen-bond acceptors (Lipinski definition) is 7. The molecule has 2 spiro atoms. The molecule has 9 nitrogen and oxygen atoms in total. The Morgan fingerprint density at radius 3 is 1.57 bits per heavy atom. The van der Waals surface area contributed by atoms with Crippen molar-refractivity contribution in [1.29, 1.82) is 0 Å². The number of carbonyl (C=O) groups is 2. The molecule has 61 heavy (non-hydrogen) atoms. The highest BCUT2D eigenvalue weighted by atomic mass is 79.9. The second-order valence-corrected chi connectivity index (χ2v) is 22.6. The van der Waals surface area contributed by atoms with Crippen molar-refractivity contribution in [3.8, 4) is 0 Å². The smallest absolute Gasteiger partial charge is 0.410 e. The summed E-state index contributed by atoms with van der Waals surface area (Å²) in [6.07, 6.45) is 15.5. The quantitative estimate of drug-likeness (QED) is 0.296. The molecule has 5 heterocycles. The summed E-state index contributed by atoms with van der Waals surface area (Å²) in [7, 11) is 0. The molecular weight excluding hydrogens is 828 g/mol. The third-order valence-electron chi connectivity index (χ3n) is 14.9. The summed E-state index contributed by atoms with van der Waals surface area (Å²) in [6.45, 7) is 21.5. The molecule has 2 aromatic rings. The van der Waals surface area contributed by atoms with Crippen molar-refractivity contribution >= 4 is 33.7 Å². The first-order valence-electron chi connectivity index (χ1n) is 23.6. The molecule has 7 aliphatic rings. The number of nitrogens with zero attached hydrogens (tertiary/aromatic N) is 4. The van der Waals surface area contributed by atoms with Gasteiger partial charge < -0.3 is 33.8 Å². The Bertz CT molecular complexity index is 1870. The van der Waals surface area contributed by atoms with Gasteiger partial charge in [0.1, 0.15) is 11.2 Å². The number of hydrogen-bond donors (Lipinski definition) is 0. The number of halogens is 1. The van der Waals surface area contributed by atoms with E-state index in [4.69, 9.17) is 14.2 Å². The Hall–Kier alpha value is -2.92. The van der Waals surface area contributed by atoms with Crippen LogP contribution in [-0.4, -0.2) is 121 Å². The van der Waals surface area contributed by atoms with Crippen LogP contribution in [0.1, 0.15) is 141 Å². The molecule has 0 N–H and O–H groups in total. The van der Waals surface area contributed by atoms with Crippen LogP contribution >= 0.6 is 15.9 Å². The molecule has 6 fully saturated rings. The SMILES string of the molecule is CC(C)(C)OC(=O)N1CC2(CC[C@@H](N3CCC(c4ccccc4Br)CC3)C2)C1.CC(C)(C)OC(=O)N1CC2(CC[C@@H](N3CCC(c4ccccc4C4=CCOCC4)CC3)C2)C1. The third kappa shape index (κ3) is 10.7. The summed E-state index contributed by atoms with van der Waals surface area (Å²) in [5.41, 5.74) is 5.80. The lowest BCUT2D eigenvalue weighted by Gasteiger charge is -2.48.